The Kier molecular flexibility index (Phi) is 8.36. The van der Waals surface area contributed by atoms with Gasteiger partial charge in [0.15, 0.2) is 5.69 Å². The molecule has 2 aromatic heterocycles. The molecule has 10 heteroatoms. The van der Waals surface area contributed by atoms with Crippen LogP contribution in [0.25, 0.3) is 10.9 Å². The van der Waals surface area contributed by atoms with Gasteiger partial charge in [-0.1, -0.05) is 6.07 Å². The average molecular weight is 534 g/mol. The number of aliphatic hydroxyl groups is 1. The third kappa shape index (κ3) is 6.25. The number of ether oxygens (including phenoxy) is 3. The molecule has 1 aliphatic carbocycles. The number of carboxylic acid groups (broad SMARTS) is 1. The number of hydrogen-bond donors (Lipinski definition) is 2. The number of nitrogens with zero attached hydrogens (tertiary/aromatic N) is 3. The number of fused-ring (bicyclic) bond motifs is 1. The molecule has 9 nitrogen and oxygen atoms in total. The molecule has 2 N–H and O–H groups in total. The van der Waals surface area contributed by atoms with E-state index in [2.05, 4.69) is 31.8 Å². The molecule has 182 valence electrons. The maximum absolute atomic E-state index is 10.9. The van der Waals surface area contributed by atoms with Crippen molar-refractivity contribution in [1.29, 1.82) is 0 Å². The summed E-state index contributed by atoms with van der Waals surface area (Å²) in [5.41, 5.74) is 0.821. The highest BCUT2D eigenvalue weighted by Crippen LogP contribution is 2.34. The smallest absolute Gasteiger partial charge is 0.354 e. The molecule has 0 unspecified atom stereocenters. The van der Waals surface area contributed by atoms with Crippen LogP contribution < -0.4 is 9.47 Å². The van der Waals surface area contributed by atoms with Gasteiger partial charge in [0.2, 0.25) is 5.88 Å². The second-order valence-corrected chi connectivity index (χ2v) is 9.14. The van der Waals surface area contributed by atoms with Crippen LogP contribution >= 0.6 is 15.9 Å². The Morgan fingerprint density at radius 2 is 1.85 bits per heavy atom. The number of aromatic carboxylic acids is 1. The first-order chi connectivity index (χ1) is 16.5. The molecular weight excluding hydrogens is 506 g/mol. The van der Waals surface area contributed by atoms with Crippen LogP contribution in [0.2, 0.25) is 0 Å². The summed E-state index contributed by atoms with van der Waals surface area (Å²) in [7, 11) is 0. The molecule has 1 saturated carbocycles. The van der Waals surface area contributed by atoms with Crippen molar-refractivity contribution in [3.8, 4) is 11.6 Å². The number of benzene rings is 1. The van der Waals surface area contributed by atoms with Gasteiger partial charge in [0.1, 0.15) is 19.0 Å². The van der Waals surface area contributed by atoms with Gasteiger partial charge in [-0.2, -0.15) is 5.10 Å². The molecule has 0 atom stereocenters. The molecule has 0 bridgehead atoms. The lowest BCUT2D eigenvalue weighted by atomic mass is 9.87. The standard InChI is InChI=1S/C24H28BrN3O6/c25-19-12-17-14-28(18-6-4-16(15-29)5-7-18)27-21(17)13-22(19)33-10-8-32-9-11-34-23-3-1-2-20(26-23)24(30)31/h1-3,12-14,16,18,29H,4-11,15H2,(H,30,31)/t16-,18-. The fourth-order valence-corrected chi connectivity index (χ4v) is 4.54. The number of carbonyl (C=O) groups is 1. The molecule has 0 saturated heterocycles. The minimum atomic E-state index is -1.10. The molecule has 3 aromatic rings. The molecule has 0 aliphatic heterocycles. The van der Waals surface area contributed by atoms with Crippen molar-refractivity contribution in [2.45, 2.75) is 31.7 Å². The van der Waals surface area contributed by atoms with E-state index in [1.165, 1.54) is 6.07 Å². The largest absolute Gasteiger partial charge is 0.490 e. The van der Waals surface area contributed by atoms with E-state index in [-0.39, 0.29) is 24.8 Å². The van der Waals surface area contributed by atoms with Gasteiger partial charge in [-0.3, -0.25) is 4.68 Å². The summed E-state index contributed by atoms with van der Waals surface area (Å²) in [6, 6.07) is 8.91. The van der Waals surface area contributed by atoms with E-state index in [1.807, 2.05) is 12.1 Å². The van der Waals surface area contributed by atoms with Crippen LogP contribution in [0.3, 0.4) is 0 Å². The topological polar surface area (TPSA) is 116 Å². The van der Waals surface area contributed by atoms with Crippen molar-refractivity contribution in [2.24, 2.45) is 5.92 Å². The molecule has 2 heterocycles. The third-order valence-electron chi connectivity index (χ3n) is 5.93. The Hall–Kier alpha value is -2.69. The van der Waals surface area contributed by atoms with Crippen LogP contribution in [0.1, 0.15) is 42.2 Å². The number of aromatic nitrogens is 3. The maximum Gasteiger partial charge on any atom is 0.354 e. The van der Waals surface area contributed by atoms with Crippen molar-refractivity contribution in [3.05, 3.63) is 46.7 Å². The number of aliphatic hydroxyl groups excluding tert-OH is 1. The van der Waals surface area contributed by atoms with Crippen LogP contribution in [0.4, 0.5) is 0 Å². The highest BCUT2D eigenvalue weighted by atomic mass is 79.9. The maximum atomic E-state index is 10.9. The van der Waals surface area contributed by atoms with E-state index in [4.69, 9.17) is 24.4 Å². The zero-order valence-electron chi connectivity index (χ0n) is 18.7. The summed E-state index contributed by atoms with van der Waals surface area (Å²) in [6.07, 6.45) is 6.22. The van der Waals surface area contributed by atoms with Crippen LogP contribution in [-0.2, 0) is 4.74 Å². The first kappa shape index (κ1) is 24.4. The van der Waals surface area contributed by atoms with Gasteiger partial charge in [0, 0.05) is 30.3 Å². The molecule has 1 fully saturated rings. The quantitative estimate of drug-likeness (QED) is 0.354. The van der Waals surface area contributed by atoms with Gasteiger partial charge in [0.25, 0.3) is 0 Å². The van der Waals surface area contributed by atoms with Gasteiger partial charge < -0.3 is 24.4 Å². The third-order valence-corrected chi connectivity index (χ3v) is 6.55. The molecular formula is C24H28BrN3O6. The second-order valence-electron chi connectivity index (χ2n) is 8.28. The molecule has 4 rings (SSSR count). The Bertz CT molecular complexity index is 1110. The molecule has 0 radical (unpaired) electrons. The Morgan fingerprint density at radius 1 is 1.09 bits per heavy atom. The number of rotatable bonds is 11. The Morgan fingerprint density at radius 3 is 2.59 bits per heavy atom. The summed E-state index contributed by atoms with van der Waals surface area (Å²) in [6.45, 7) is 1.59. The molecule has 34 heavy (non-hydrogen) atoms. The minimum absolute atomic E-state index is 0.0618. The second kappa shape index (κ2) is 11.6. The first-order valence-electron chi connectivity index (χ1n) is 11.4. The molecule has 0 spiro atoms. The first-order valence-corrected chi connectivity index (χ1v) is 12.2. The van der Waals surface area contributed by atoms with Crippen molar-refractivity contribution >= 4 is 32.8 Å². The predicted octanol–water partition coefficient (Wildman–Crippen LogP) is 4.09. The average Bonchev–Trinajstić information content (AvgIpc) is 3.26. The van der Waals surface area contributed by atoms with E-state index in [0.29, 0.717) is 37.5 Å². The van der Waals surface area contributed by atoms with Crippen molar-refractivity contribution in [2.75, 3.05) is 33.0 Å². The molecule has 1 aliphatic rings. The van der Waals surface area contributed by atoms with Gasteiger partial charge in [-0.15, -0.1) is 0 Å². The van der Waals surface area contributed by atoms with Gasteiger partial charge >= 0.3 is 5.97 Å². The summed E-state index contributed by atoms with van der Waals surface area (Å²) in [5.74, 6) is 0.276. The van der Waals surface area contributed by atoms with E-state index in [0.717, 1.165) is 41.1 Å². The predicted molar refractivity (Wildman–Crippen MR) is 129 cm³/mol. The van der Waals surface area contributed by atoms with Crippen LogP contribution in [0, 0.1) is 5.92 Å². The summed E-state index contributed by atoms with van der Waals surface area (Å²) in [4.78, 5) is 14.8. The lowest BCUT2D eigenvalue weighted by molar-refractivity contribution is 0.0683. The van der Waals surface area contributed by atoms with E-state index >= 15 is 0 Å². The van der Waals surface area contributed by atoms with Crippen molar-refractivity contribution in [3.63, 3.8) is 0 Å². The van der Waals surface area contributed by atoms with Crippen LogP contribution in [-0.4, -0.2) is 64.0 Å². The van der Waals surface area contributed by atoms with Crippen LogP contribution in [0.15, 0.2) is 41.0 Å². The SMILES string of the molecule is O=C(O)c1cccc(OCCOCCOc2cc3nn([C@H]4CC[C@H](CO)CC4)cc3cc2Br)n1. The number of pyridine rings is 1. The van der Waals surface area contributed by atoms with Gasteiger partial charge in [0.05, 0.1) is 29.2 Å². The number of halogens is 1. The lowest BCUT2D eigenvalue weighted by Gasteiger charge is -2.27. The lowest BCUT2D eigenvalue weighted by Crippen LogP contribution is -2.20. The number of hydrogen-bond acceptors (Lipinski definition) is 7. The molecule has 1 aromatic carbocycles. The zero-order valence-corrected chi connectivity index (χ0v) is 20.3. The summed E-state index contributed by atoms with van der Waals surface area (Å²) in [5, 5.41) is 24.1. The van der Waals surface area contributed by atoms with Gasteiger partial charge in [-0.25, -0.2) is 9.78 Å². The fourth-order valence-electron chi connectivity index (χ4n) is 4.07. The Labute approximate surface area is 205 Å². The highest BCUT2D eigenvalue weighted by molar-refractivity contribution is 9.10. The molecule has 0 amide bonds. The Balaban J connectivity index is 1.21. The van der Waals surface area contributed by atoms with E-state index in [9.17, 15) is 9.90 Å². The summed E-state index contributed by atoms with van der Waals surface area (Å²) < 4.78 is 19.7. The normalized spacial score (nSPS) is 18.2. The van der Waals surface area contributed by atoms with E-state index < -0.39 is 5.97 Å². The van der Waals surface area contributed by atoms with Crippen molar-refractivity contribution < 1.29 is 29.2 Å². The highest BCUT2D eigenvalue weighted by Gasteiger charge is 2.23. The fraction of sp³-hybridized carbons (Fsp3) is 0.458. The van der Waals surface area contributed by atoms with E-state index in [1.54, 1.807) is 12.1 Å². The minimum Gasteiger partial charge on any atom is -0.490 e. The number of carboxylic acids is 1. The van der Waals surface area contributed by atoms with Gasteiger partial charge in [-0.05, 0) is 59.7 Å². The summed E-state index contributed by atoms with van der Waals surface area (Å²) >= 11 is 3.58. The zero-order chi connectivity index (χ0) is 23.9. The van der Waals surface area contributed by atoms with Crippen molar-refractivity contribution in [1.82, 2.24) is 14.8 Å². The monoisotopic (exact) mass is 533 g/mol. The van der Waals surface area contributed by atoms with Crippen LogP contribution in [0.5, 0.6) is 11.6 Å².